The number of hydrogen-bond acceptors (Lipinski definition) is 4. The Labute approximate surface area is 121 Å². The zero-order chi connectivity index (χ0) is 15.2. The second-order valence-electron chi connectivity index (χ2n) is 4.33. The van der Waals surface area contributed by atoms with Gasteiger partial charge in [-0.25, -0.2) is 14.2 Å². The predicted octanol–water partition coefficient (Wildman–Crippen LogP) is 2.25. The minimum absolute atomic E-state index is 0.0108. The number of anilines is 1. The lowest BCUT2D eigenvalue weighted by atomic mass is 10.2. The van der Waals surface area contributed by atoms with E-state index in [-0.39, 0.29) is 18.4 Å². The summed E-state index contributed by atoms with van der Waals surface area (Å²) in [6, 6.07) is 7.18. The summed E-state index contributed by atoms with van der Waals surface area (Å²) in [5, 5.41) is 4.56. The van der Waals surface area contributed by atoms with Crippen LogP contribution in [0.2, 0.25) is 0 Å². The molecule has 0 saturated carbocycles. The average molecular weight is 290 g/mol. The zero-order valence-electron chi connectivity index (χ0n) is 11.7. The Bertz CT molecular complexity index is 631. The average Bonchev–Trinajstić information content (AvgIpc) is 2.49. The summed E-state index contributed by atoms with van der Waals surface area (Å²) >= 11 is 0. The van der Waals surface area contributed by atoms with Gasteiger partial charge in [0.2, 0.25) is 0 Å². The van der Waals surface area contributed by atoms with Gasteiger partial charge in [-0.1, -0.05) is 29.8 Å². The van der Waals surface area contributed by atoms with E-state index in [4.69, 9.17) is 4.74 Å². The van der Waals surface area contributed by atoms with Crippen LogP contribution in [0.25, 0.3) is 0 Å². The number of halogens is 1. The van der Waals surface area contributed by atoms with E-state index in [9.17, 15) is 9.18 Å². The van der Waals surface area contributed by atoms with Crippen LogP contribution in [0.3, 0.4) is 0 Å². The Balaban J connectivity index is 2.04. The van der Waals surface area contributed by atoms with E-state index in [2.05, 4.69) is 20.6 Å². The summed E-state index contributed by atoms with van der Waals surface area (Å²) in [6.07, 6.45) is 0.947. The largest absolute Gasteiger partial charge is 0.459 e. The van der Waals surface area contributed by atoms with Gasteiger partial charge in [0, 0.05) is 7.05 Å². The van der Waals surface area contributed by atoms with Gasteiger partial charge in [0.15, 0.2) is 11.6 Å². The van der Waals surface area contributed by atoms with E-state index in [1.165, 1.54) is 7.05 Å². The first-order valence-electron chi connectivity index (χ1n) is 6.28. The van der Waals surface area contributed by atoms with Gasteiger partial charge in [-0.2, -0.15) is 4.98 Å². The Morgan fingerprint density at radius 2 is 2.05 bits per heavy atom. The number of urea groups is 1. The van der Waals surface area contributed by atoms with Crippen LogP contribution in [0.1, 0.15) is 11.1 Å². The minimum Gasteiger partial charge on any atom is -0.459 e. The normalized spacial score (nSPS) is 10.0. The van der Waals surface area contributed by atoms with Gasteiger partial charge in [-0.3, -0.25) is 5.32 Å². The van der Waals surface area contributed by atoms with Gasteiger partial charge in [0.1, 0.15) is 6.61 Å². The first kappa shape index (κ1) is 14.7. The van der Waals surface area contributed by atoms with E-state index in [1.54, 1.807) is 0 Å². The number of rotatable bonds is 4. The fourth-order valence-corrected chi connectivity index (χ4v) is 1.51. The van der Waals surface area contributed by atoms with Crippen molar-refractivity contribution in [1.29, 1.82) is 0 Å². The third-order valence-corrected chi connectivity index (χ3v) is 2.67. The quantitative estimate of drug-likeness (QED) is 0.905. The second-order valence-corrected chi connectivity index (χ2v) is 4.33. The van der Waals surface area contributed by atoms with E-state index in [1.807, 2.05) is 31.2 Å². The van der Waals surface area contributed by atoms with Crippen molar-refractivity contribution in [1.82, 2.24) is 15.3 Å². The summed E-state index contributed by atoms with van der Waals surface area (Å²) < 4.78 is 18.8. The lowest BCUT2D eigenvalue weighted by molar-refractivity contribution is 0.253. The van der Waals surface area contributed by atoms with Gasteiger partial charge >= 0.3 is 12.0 Å². The molecule has 0 spiro atoms. The fourth-order valence-electron chi connectivity index (χ4n) is 1.51. The Morgan fingerprint density at radius 1 is 1.33 bits per heavy atom. The third kappa shape index (κ3) is 4.13. The molecule has 1 aromatic carbocycles. The molecule has 0 bridgehead atoms. The third-order valence-electron chi connectivity index (χ3n) is 2.67. The van der Waals surface area contributed by atoms with Crippen molar-refractivity contribution in [2.75, 3.05) is 12.4 Å². The molecule has 2 aromatic rings. The van der Waals surface area contributed by atoms with E-state index in [0.29, 0.717) is 0 Å². The standard InChI is InChI=1S/C14H15FN4O2/c1-9-3-5-10(6-4-9)8-21-14-17-7-11(15)12(19-14)18-13(20)16-2/h3-7H,8H2,1-2H3,(H2,16,17,18,19,20). The molecule has 110 valence electrons. The number of ether oxygens (including phenoxy) is 1. The van der Waals surface area contributed by atoms with E-state index < -0.39 is 11.8 Å². The number of amides is 2. The molecule has 0 unspecified atom stereocenters. The summed E-state index contributed by atoms with van der Waals surface area (Å²) in [6.45, 7) is 2.25. The van der Waals surface area contributed by atoms with Crippen molar-refractivity contribution in [2.45, 2.75) is 13.5 Å². The van der Waals surface area contributed by atoms with Crippen molar-refractivity contribution < 1.29 is 13.9 Å². The molecule has 2 rings (SSSR count). The number of nitrogens with one attached hydrogen (secondary N) is 2. The molecule has 2 N–H and O–H groups in total. The highest BCUT2D eigenvalue weighted by atomic mass is 19.1. The highest BCUT2D eigenvalue weighted by Crippen LogP contribution is 2.14. The van der Waals surface area contributed by atoms with Crippen molar-refractivity contribution >= 4 is 11.8 Å². The monoisotopic (exact) mass is 290 g/mol. The molecule has 0 aliphatic rings. The molecule has 0 fully saturated rings. The smallest absolute Gasteiger partial charge is 0.320 e. The van der Waals surface area contributed by atoms with E-state index in [0.717, 1.165) is 17.3 Å². The van der Waals surface area contributed by atoms with Crippen molar-refractivity contribution in [3.05, 3.63) is 47.4 Å². The topological polar surface area (TPSA) is 76.1 Å². The highest BCUT2D eigenvalue weighted by Gasteiger charge is 2.10. The second kappa shape index (κ2) is 6.65. The molecule has 1 aromatic heterocycles. The molecular weight excluding hydrogens is 275 g/mol. The molecule has 21 heavy (non-hydrogen) atoms. The van der Waals surface area contributed by atoms with Crippen molar-refractivity contribution in [2.24, 2.45) is 0 Å². The Kier molecular flexibility index (Phi) is 4.65. The number of nitrogens with zero attached hydrogens (tertiary/aromatic N) is 2. The lowest BCUT2D eigenvalue weighted by Crippen LogP contribution is -2.25. The molecule has 0 radical (unpaired) electrons. The van der Waals surface area contributed by atoms with Crippen LogP contribution in [-0.2, 0) is 6.61 Å². The molecule has 6 nitrogen and oxygen atoms in total. The number of hydrogen-bond donors (Lipinski definition) is 2. The molecule has 0 aliphatic carbocycles. The Hall–Kier alpha value is -2.70. The van der Waals surface area contributed by atoms with Crippen LogP contribution in [-0.4, -0.2) is 23.0 Å². The summed E-state index contributed by atoms with van der Waals surface area (Å²) in [5.41, 5.74) is 2.09. The molecular formula is C14H15FN4O2. The maximum absolute atomic E-state index is 13.5. The number of benzene rings is 1. The van der Waals surface area contributed by atoms with Gasteiger partial charge < -0.3 is 10.1 Å². The maximum Gasteiger partial charge on any atom is 0.320 e. The van der Waals surface area contributed by atoms with Crippen LogP contribution < -0.4 is 15.4 Å². The van der Waals surface area contributed by atoms with Crippen molar-refractivity contribution in [3.63, 3.8) is 0 Å². The molecule has 0 aliphatic heterocycles. The summed E-state index contributed by atoms with van der Waals surface area (Å²) in [7, 11) is 1.42. The SMILES string of the molecule is CNC(=O)Nc1nc(OCc2ccc(C)cc2)ncc1F. The minimum atomic E-state index is -0.735. The molecule has 1 heterocycles. The summed E-state index contributed by atoms with van der Waals surface area (Å²) in [5.74, 6) is -0.968. The highest BCUT2D eigenvalue weighted by molar-refractivity contribution is 5.88. The Morgan fingerprint density at radius 3 is 2.71 bits per heavy atom. The molecule has 2 amide bonds. The van der Waals surface area contributed by atoms with Crippen LogP contribution in [0, 0.1) is 12.7 Å². The first-order valence-corrected chi connectivity index (χ1v) is 6.28. The van der Waals surface area contributed by atoms with Crippen molar-refractivity contribution in [3.8, 4) is 6.01 Å². The molecule has 0 saturated heterocycles. The van der Waals surface area contributed by atoms with Crippen LogP contribution in [0.5, 0.6) is 6.01 Å². The summed E-state index contributed by atoms with van der Waals surface area (Å²) in [4.78, 5) is 18.7. The number of carbonyl (C=O) groups is 1. The van der Waals surface area contributed by atoms with Crippen LogP contribution in [0.15, 0.2) is 30.5 Å². The van der Waals surface area contributed by atoms with Gasteiger partial charge in [-0.15, -0.1) is 0 Å². The van der Waals surface area contributed by atoms with Gasteiger partial charge in [0.25, 0.3) is 0 Å². The fraction of sp³-hybridized carbons (Fsp3) is 0.214. The number of aryl methyl sites for hydroxylation is 1. The maximum atomic E-state index is 13.5. The molecule has 0 atom stereocenters. The van der Waals surface area contributed by atoms with Gasteiger partial charge in [0.05, 0.1) is 6.20 Å². The van der Waals surface area contributed by atoms with Gasteiger partial charge in [-0.05, 0) is 12.5 Å². The number of carbonyl (C=O) groups excluding carboxylic acids is 1. The zero-order valence-corrected chi connectivity index (χ0v) is 11.7. The predicted molar refractivity (Wildman–Crippen MR) is 75.6 cm³/mol. The van der Waals surface area contributed by atoms with E-state index >= 15 is 0 Å². The number of aromatic nitrogens is 2. The first-order chi connectivity index (χ1) is 10.1. The molecule has 7 heteroatoms. The van der Waals surface area contributed by atoms with Crippen LogP contribution >= 0.6 is 0 Å². The van der Waals surface area contributed by atoms with Crippen LogP contribution in [0.4, 0.5) is 15.0 Å². The lowest BCUT2D eigenvalue weighted by Gasteiger charge is -2.08.